The molecule has 2 aromatic carbocycles. The van der Waals surface area contributed by atoms with E-state index in [4.69, 9.17) is 4.74 Å². The number of ether oxygens (including phenoxy) is 1. The van der Waals surface area contributed by atoms with Crippen molar-refractivity contribution in [1.82, 2.24) is 10.2 Å². The van der Waals surface area contributed by atoms with Gasteiger partial charge in [0.2, 0.25) is 5.91 Å². The van der Waals surface area contributed by atoms with Crippen molar-refractivity contribution < 1.29 is 14.3 Å². The van der Waals surface area contributed by atoms with Crippen LogP contribution in [0, 0.1) is 6.92 Å². The van der Waals surface area contributed by atoms with Gasteiger partial charge in [-0.25, -0.2) is 0 Å². The Morgan fingerprint density at radius 3 is 2.63 bits per heavy atom. The number of morpholine rings is 1. The molecule has 1 aliphatic rings. The molecule has 0 bridgehead atoms. The molecule has 142 valence electrons. The van der Waals surface area contributed by atoms with E-state index in [1.165, 1.54) is 0 Å². The molecule has 1 atom stereocenters. The van der Waals surface area contributed by atoms with E-state index in [1.54, 1.807) is 0 Å². The zero-order valence-electron chi connectivity index (χ0n) is 15.7. The monoisotopic (exact) mass is 366 g/mol. The van der Waals surface area contributed by atoms with Crippen LogP contribution in [-0.2, 0) is 9.53 Å². The van der Waals surface area contributed by atoms with Crippen LogP contribution in [0.15, 0.2) is 54.6 Å². The molecule has 1 N–H and O–H groups in total. The second-order valence-electron chi connectivity index (χ2n) is 6.78. The van der Waals surface area contributed by atoms with Gasteiger partial charge in [0, 0.05) is 25.1 Å². The highest BCUT2D eigenvalue weighted by Crippen LogP contribution is 2.22. The Morgan fingerprint density at radius 1 is 1.11 bits per heavy atom. The molecule has 1 saturated heterocycles. The van der Waals surface area contributed by atoms with E-state index >= 15 is 0 Å². The van der Waals surface area contributed by atoms with E-state index in [1.807, 2.05) is 66.4 Å². The van der Waals surface area contributed by atoms with Crippen molar-refractivity contribution in [3.63, 3.8) is 0 Å². The smallest absolute Gasteiger partial charge is 0.251 e. The van der Waals surface area contributed by atoms with Gasteiger partial charge in [0.15, 0.2) is 0 Å². The number of benzene rings is 2. The summed E-state index contributed by atoms with van der Waals surface area (Å²) in [5.41, 5.74) is 2.73. The van der Waals surface area contributed by atoms with Gasteiger partial charge in [0.05, 0.1) is 13.2 Å². The largest absolute Gasteiger partial charge is 0.370 e. The lowest BCUT2D eigenvalue weighted by Crippen LogP contribution is -2.42. The van der Waals surface area contributed by atoms with E-state index in [2.05, 4.69) is 5.32 Å². The summed E-state index contributed by atoms with van der Waals surface area (Å²) in [6.07, 6.45) is 0.990. The van der Waals surface area contributed by atoms with Crippen LogP contribution in [-0.4, -0.2) is 43.0 Å². The van der Waals surface area contributed by atoms with Crippen LogP contribution in [0.1, 0.15) is 40.4 Å². The van der Waals surface area contributed by atoms with Crippen molar-refractivity contribution in [3.8, 4) is 0 Å². The molecule has 1 unspecified atom stereocenters. The lowest BCUT2D eigenvalue weighted by Gasteiger charge is -2.33. The van der Waals surface area contributed by atoms with Gasteiger partial charge in [-0.15, -0.1) is 0 Å². The van der Waals surface area contributed by atoms with Crippen LogP contribution < -0.4 is 5.32 Å². The van der Waals surface area contributed by atoms with Gasteiger partial charge in [0.25, 0.3) is 5.91 Å². The Kier molecular flexibility index (Phi) is 6.60. The molecule has 3 rings (SSSR count). The highest BCUT2D eigenvalue weighted by atomic mass is 16.5. The van der Waals surface area contributed by atoms with Crippen LogP contribution in [0.5, 0.6) is 0 Å². The number of carbonyl (C=O) groups excluding carboxylic acids is 2. The van der Waals surface area contributed by atoms with Gasteiger partial charge in [-0.3, -0.25) is 9.59 Å². The average molecular weight is 366 g/mol. The van der Waals surface area contributed by atoms with Crippen LogP contribution in [0.3, 0.4) is 0 Å². The van der Waals surface area contributed by atoms with E-state index < -0.39 is 0 Å². The lowest BCUT2D eigenvalue weighted by molar-refractivity contribution is -0.139. The first-order valence-electron chi connectivity index (χ1n) is 9.43. The zero-order valence-corrected chi connectivity index (χ0v) is 15.7. The third kappa shape index (κ3) is 5.17. The van der Waals surface area contributed by atoms with Crippen molar-refractivity contribution in [1.29, 1.82) is 0 Å². The molecule has 0 saturated carbocycles. The lowest BCUT2D eigenvalue weighted by atomic mass is 10.1. The van der Waals surface area contributed by atoms with Gasteiger partial charge in [0.1, 0.15) is 6.10 Å². The molecule has 0 spiro atoms. The second-order valence-corrected chi connectivity index (χ2v) is 6.78. The van der Waals surface area contributed by atoms with Crippen molar-refractivity contribution in [2.24, 2.45) is 0 Å². The molecular formula is C22H26N2O3. The second kappa shape index (κ2) is 9.33. The third-order valence-corrected chi connectivity index (χ3v) is 4.83. The van der Waals surface area contributed by atoms with Crippen LogP contribution in [0.2, 0.25) is 0 Å². The van der Waals surface area contributed by atoms with E-state index in [-0.39, 0.29) is 17.9 Å². The molecule has 0 aromatic heterocycles. The van der Waals surface area contributed by atoms with Gasteiger partial charge in [-0.2, -0.15) is 0 Å². The number of nitrogens with one attached hydrogen (secondary N) is 1. The number of nitrogens with zero attached hydrogens (tertiary/aromatic N) is 1. The number of rotatable bonds is 6. The first-order valence-corrected chi connectivity index (χ1v) is 9.43. The molecule has 1 fully saturated rings. The number of hydrogen-bond acceptors (Lipinski definition) is 3. The highest BCUT2D eigenvalue weighted by molar-refractivity contribution is 5.95. The molecule has 0 radical (unpaired) electrons. The average Bonchev–Trinajstić information content (AvgIpc) is 2.72. The van der Waals surface area contributed by atoms with Crippen molar-refractivity contribution in [3.05, 3.63) is 71.3 Å². The standard InChI is InChI=1S/C22H26N2O3/c1-17-8-5-6-11-19(17)22(26)23-13-7-12-21(25)24-14-15-27-20(16-24)18-9-3-2-4-10-18/h2-6,8-11,20H,7,12-16H2,1H3,(H,23,26). The van der Waals surface area contributed by atoms with Gasteiger partial charge < -0.3 is 15.0 Å². The fourth-order valence-electron chi connectivity index (χ4n) is 3.27. The first kappa shape index (κ1) is 19.1. The van der Waals surface area contributed by atoms with Gasteiger partial charge in [-0.05, 0) is 30.5 Å². The number of amides is 2. The predicted octanol–water partition coefficient (Wildman–Crippen LogP) is 3.11. The fraction of sp³-hybridized carbons (Fsp3) is 0.364. The minimum Gasteiger partial charge on any atom is -0.370 e. The summed E-state index contributed by atoms with van der Waals surface area (Å²) in [5.74, 6) is 0.0282. The molecular weight excluding hydrogens is 340 g/mol. The Bertz CT molecular complexity index is 776. The maximum Gasteiger partial charge on any atom is 0.251 e. The molecule has 5 heteroatoms. The maximum atomic E-state index is 12.5. The van der Waals surface area contributed by atoms with Gasteiger partial charge in [-0.1, -0.05) is 48.5 Å². The quantitative estimate of drug-likeness (QED) is 0.799. The fourth-order valence-corrected chi connectivity index (χ4v) is 3.27. The summed E-state index contributed by atoms with van der Waals surface area (Å²) in [5, 5.41) is 2.90. The molecule has 0 aliphatic carbocycles. The minimum absolute atomic E-state index is 0.0651. The van der Waals surface area contributed by atoms with Gasteiger partial charge >= 0.3 is 0 Å². The normalized spacial score (nSPS) is 16.8. The summed E-state index contributed by atoms with van der Waals surface area (Å²) >= 11 is 0. The van der Waals surface area contributed by atoms with Crippen LogP contribution in [0.25, 0.3) is 0 Å². The summed E-state index contributed by atoms with van der Waals surface area (Å²) in [4.78, 5) is 26.6. The highest BCUT2D eigenvalue weighted by Gasteiger charge is 2.24. The van der Waals surface area contributed by atoms with Crippen LogP contribution in [0.4, 0.5) is 0 Å². The predicted molar refractivity (Wildman–Crippen MR) is 104 cm³/mol. The summed E-state index contributed by atoms with van der Waals surface area (Å²) in [7, 11) is 0. The maximum absolute atomic E-state index is 12.5. The number of carbonyl (C=O) groups is 2. The van der Waals surface area contributed by atoms with Crippen molar-refractivity contribution in [2.75, 3.05) is 26.2 Å². The first-order chi connectivity index (χ1) is 13.1. The van der Waals surface area contributed by atoms with Crippen molar-refractivity contribution in [2.45, 2.75) is 25.9 Å². The van der Waals surface area contributed by atoms with E-state index in [0.717, 1.165) is 11.1 Å². The summed E-state index contributed by atoms with van der Waals surface area (Å²) in [6.45, 7) is 4.16. The molecule has 27 heavy (non-hydrogen) atoms. The van der Waals surface area contributed by atoms with E-state index in [9.17, 15) is 9.59 Å². The Balaban J connectivity index is 1.43. The molecule has 1 aliphatic heterocycles. The Morgan fingerprint density at radius 2 is 1.85 bits per heavy atom. The molecule has 1 heterocycles. The number of hydrogen-bond donors (Lipinski definition) is 1. The summed E-state index contributed by atoms with van der Waals surface area (Å²) < 4.78 is 5.81. The number of aryl methyl sites for hydroxylation is 1. The Labute approximate surface area is 160 Å². The molecule has 2 amide bonds. The van der Waals surface area contributed by atoms with Crippen LogP contribution >= 0.6 is 0 Å². The van der Waals surface area contributed by atoms with Crippen molar-refractivity contribution >= 4 is 11.8 Å². The minimum atomic E-state index is -0.0870. The molecule has 2 aromatic rings. The topological polar surface area (TPSA) is 58.6 Å². The SMILES string of the molecule is Cc1ccccc1C(=O)NCCCC(=O)N1CCOC(c2ccccc2)C1. The van der Waals surface area contributed by atoms with E-state index in [0.29, 0.717) is 44.6 Å². The molecule has 5 nitrogen and oxygen atoms in total. The zero-order chi connectivity index (χ0) is 19.1. The Hall–Kier alpha value is -2.66. The third-order valence-electron chi connectivity index (χ3n) is 4.83. The summed E-state index contributed by atoms with van der Waals surface area (Å²) in [6, 6.07) is 17.5.